The van der Waals surface area contributed by atoms with Gasteiger partial charge in [0.05, 0.1) is 0 Å². The quantitative estimate of drug-likeness (QED) is 0.826. The van der Waals surface area contributed by atoms with Crippen molar-refractivity contribution in [3.8, 4) is 0 Å². The SMILES string of the molecule is CCCNC(c1ccn(CC(F)(F)F)c1)C(C)C. The number of alkyl halides is 3. The van der Waals surface area contributed by atoms with E-state index < -0.39 is 12.7 Å². The van der Waals surface area contributed by atoms with Crippen molar-refractivity contribution in [3.63, 3.8) is 0 Å². The average molecular weight is 262 g/mol. The van der Waals surface area contributed by atoms with Crippen LogP contribution in [0.3, 0.4) is 0 Å². The molecule has 0 aromatic carbocycles. The van der Waals surface area contributed by atoms with Crippen LogP contribution in [0.5, 0.6) is 0 Å². The van der Waals surface area contributed by atoms with Crippen molar-refractivity contribution in [2.75, 3.05) is 6.54 Å². The molecule has 0 amide bonds. The molecule has 0 saturated carbocycles. The van der Waals surface area contributed by atoms with Gasteiger partial charge in [0.2, 0.25) is 0 Å². The molecule has 1 aromatic rings. The van der Waals surface area contributed by atoms with Crippen LogP contribution < -0.4 is 5.32 Å². The molecular formula is C13H21F3N2. The van der Waals surface area contributed by atoms with Crippen molar-refractivity contribution in [3.05, 3.63) is 24.0 Å². The fraction of sp³-hybridized carbons (Fsp3) is 0.692. The molecular weight excluding hydrogens is 241 g/mol. The van der Waals surface area contributed by atoms with E-state index in [-0.39, 0.29) is 6.04 Å². The van der Waals surface area contributed by atoms with E-state index in [1.807, 2.05) is 0 Å². The van der Waals surface area contributed by atoms with Crippen molar-refractivity contribution in [1.29, 1.82) is 0 Å². The highest BCUT2D eigenvalue weighted by Crippen LogP contribution is 2.24. The van der Waals surface area contributed by atoms with E-state index in [0.29, 0.717) is 5.92 Å². The fourth-order valence-corrected chi connectivity index (χ4v) is 1.99. The Morgan fingerprint density at radius 1 is 1.33 bits per heavy atom. The van der Waals surface area contributed by atoms with Crippen LogP contribution in [0.25, 0.3) is 0 Å². The van der Waals surface area contributed by atoms with E-state index >= 15 is 0 Å². The first-order valence-corrected chi connectivity index (χ1v) is 6.29. The van der Waals surface area contributed by atoms with Gasteiger partial charge in [0, 0.05) is 18.4 Å². The zero-order valence-electron chi connectivity index (χ0n) is 11.1. The highest BCUT2D eigenvalue weighted by Gasteiger charge is 2.28. The first-order valence-electron chi connectivity index (χ1n) is 6.29. The third-order valence-electron chi connectivity index (χ3n) is 2.78. The van der Waals surface area contributed by atoms with Gasteiger partial charge in [-0.15, -0.1) is 0 Å². The molecule has 0 aliphatic heterocycles. The first-order chi connectivity index (χ1) is 8.33. The Labute approximate surface area is 106 Å². The third kappa shape index (κ3) is 4.72. The van der Waals surface area contributed by atoms with Gasteiger partial charge >= 0.3 is 6.18 Å². The second kappa shape index (κ2) is 6.27. The third-order valence-corrected chi connectivity index (χ3v) is 2.78. The zero-order chi connectivity index (χ0) is 13.8. The zero-order valence-corrected chi connectivity index (χ0v) is 11.1. The lowest BCUT2D eigenvalue weighted by Crippen LogP contribution is -2.26. The van der Waals surface area contributed by atoms with Gasteiger partial charge in [-0.1, -0.05) is 20.8 Å². The molecule has 0 aliphatic carbocycles. The van der Waals surface area contributed by atoms with Crippen LogP contribution in [-0.2, 0) is 6.54 Å². The molecule has 0 aliphatic rings. The standard InChI is InChI=1S/C13H21F3N2/c1-4-6-17-12(10(2)3)11-5-7-18(8-11)9-13(14,15)16/h5,7-8,10,12,17H,4,6,9H2,1-3H3. The topological polar surface area (TPSA) is 17.0 Å². The molecule has 5 heteroatoms. The highest BCUT2D eigenvalue weighted by atomic mass is 19.4. The lowest BCUT2D eigenvalue weighted by atomic mass is 9.98. The monoisotopic (exact) mass is 262 g/mol. The molecule has 2 nitrogen and oxygen atoms in total. The minimum absolute atomic E-state index is 0.111. The summed E-state index contributed by atoms with van der Waals surface area (Å²) < 4.78 is 38.0. The minimum atomic E-state index is -4.17. The summed E-state index contributed by atoms with van der Waals surface area (Å²) in [7, 11) is 0. The smallest absolute Gasteiger partial charge is 0.345 e. The Morgan fingerprint density at radius 2 is 2.00 bits per heavy atom. The molecule has 0 bridgehead atoms. The molecule has 1 atom stereocenters. The maximum Gasteiger partial charge on any atom is 0.406 e. The molecule has 1 N–H and O–H groups in total. The summed E-state index contributed by atoms with van der Waals surface area (Å²) in [5.74, 6) is 0.346. The largest absolute Gasteiger partial charge is 0.406 e. The Morgan fingerprint density at radius 3 is 2.50 bits per heavy atom. The molecule has 1 heterocycles. The Hall–Kier alpha value is -0.970. The van der Waals surface area contributed by atoms with E-state index in [1.54, 1.807) is 12.3 Å². The summed E-state index contributed by atoms with van der Waals surface area (Å²) in [6.45, 7) is 6.14. The Balaban J connectivity index is 2.74. The van der Waals surface area contributed by atoms with Gasteiger partial charge in [0.1, 0.15) is 6.54 Å². The van der Waals surface area contributed by atoms with Gasteiger partial charge in [0.25, 0.3) is 0 Å². The summed E-state index contributed by atoms with van der Waals surface area (Å²) in [5, 5.41) is 3.37. The van der Waals surface area contributed by atoms with Crippen LogP contribution in [0.4, 0.5) is 13.2 Å². The van der Waals surface area contributed by atoms with Crippen molar-refractivity contribution in [1.82, 2.24) is 9.88 Å². The lowest BCUT2D eigenvalue weighted by Gasteiger charge is -2.21. The maximum absolute atomic E-state index is 12.3. The van der Waals surface area contributed by atoms with E-state index in [9.17, 15) is 13.2 Å². The number of hydrogen-bond donors (Lipinski definition) is 1. The van der Waals surface area contributed by atoms with Crippen LogP contribution >= 0.6 is 0 Å². The van der Waals surface area contributed by atoms with Gasteiger partial charge in [-0.2, -0.15) is 13.2 Å². The van der Waals surface area contributed by atoms with Crippen LogP contribution in [-0.4, -0.2) is 17.3 Å². The van der Waals surface area contributed by atoms with Gasteiger partial charge < -0.3 is 9.88 Å². The summed E-state index contributed by atoms with van der Waals surface area (Å²) in [6, 6.07) is 1.87. The fourth-order valence-electron chi connectivity index (χ4n) is 1.99. The molecule has 1 unspecified atom stereocenters. The number of nitrogens with one attached hydrogen (secondary N) is 1. The van der Waals surface area contributed by atoms with Crippen molar-refractivity contribution in [2.24, 2.45) is 5.92 Å². The highest BCUT2D eigenvalue weighted by molar-refractivity contribution is 5.16. The first kappa shape index (κ1) is 15.1. The molecule has 1 rings (SSSR count). The predicted octanol–water partition coefficient (Wildman–Crippen LogP) is 3.75. The van der Waals surface area contributed by atoms with Crippen molar-refractivity contribution < 1.29 is 13.2 Å². The van der Waals surface area contributed by atoms with Gasteiger partial charge in [-0.3, -0.25) is 0 Å². The minimum Gasteiger partial charge on any atom is -0.345 e. The van der Waals surface area contributed by atoms with Crippen molar-refractivity contribution in [2.45, 2.75) is 46.0 Å². The van der Waals surface area contributed by atoms with Crippen LogP contribution in [0.2, 0.25) is 0 Å². The molecule has 0 fully saturated rings. The summed E-state index contributed by atoms with van der Waals surface area (Å²) in [4.78, 5) is 0. The number of aromatic nitrogens is 1. The van der Waals surface area contributed by atoms with E-state index in [0.717, 1.165) is 18.5 Å². The molecule has 1 aromatic heterocycles. The number of hydrogen-bond acceptors (Lipinski definition) is 1. The van der Waals surface area contributed by atoms with Gasteiger partial charge in [0.15, 0.2) is 0 Å². The molecule has 104 valence electrons. The van der Waals surface area contributed by atoms with E-state index in [2.05, 4.69) is 26.1 Å². The lowest BCUT2D eigenvalue weighted by molar-refractivity contribution is -0.140. The Kier molecular flexibility index (Phi) is 5.26. The number of nitrogens with zero attached hydrogens (tertiary/aromatic N) is 1. The van der Waals surface area contributed by atoms with E-state index in [1.165, 1.54) is 10.8 Å². The second-order valence-corrected chi connectivity index (χ2v) is 4.91. The average Bonchev–Trinajstić information content (AvgIpc) is 2.63. The predicted molar refractivity (Wildman–Crippen MR) is 66.4 cm³/mol. The summed E-state index contributed by atoms with van der Waals surface area (Å²) >= 11 is 0. The molecule has 0 radical (unpaired) electrons. The number of halogens is 3. The van der Waals surface area contributed by atoms with Crippen LogP contribution in [0.1, 0.15) is 38.8 Å². The van der Waals surface area contributed by atoms with Crippen LogP contribution in [0, 0.1) is 5.92 Å². The van der Waals surface area contributed by atoms with Gasteiger partial charge in [-0.25, -0.2) is 0 Å². The summed E-state index contributed by atoms with van der Waals surface area (Å²) in [5.41, 5.74) is 0.919. The second-order valence-electron chi connectivity index (χ2n) is 4.91. The van der Waals surface area contributed by atoms with Crippen LogP contribution in [0.15, 0.2) is 18.5 Å². The Bertz CT molecular complexity index is 355. The normalized spacial score (nSPS) is 14.2. The van der Waals surface area contributed by atoms with Gasteiger partial charge in [-0.05, 0) is 30.5 Å². The maximum atomic E-state index is 12.3. The van der Waals surface area contributed by atoms with Crippen molar-refractivity contribution >= 4 is 0 Å². The number of rotatable bonds is 6. The molecule has 0 spiro atoms. The molecule has 18 heavy (non-hydrogen) atoms. The summed E-state index contributed by atoms with van der Waals surface area (Å²) in [6.07, 6.45) is -0.0837. The van der Waals surface area contributed by atoms with E-state index in [4.69, 9.17) is 0 Å². The molecule has 0 saturated heterocycles.